The van der Waals surface area contributed by atoms with Crippen LogP contribution in [0, 0.1) is 0 Å². The van der Waals surface area contributed by atoms with E-state index in [1.54, 1.807) is 0 Å². The number of hydrogen-bond acceptors (Lipinski definition) is 3. The number of anilines is 1. The summed E-state index contributed by atoms with van der Waals surface area (Å²) in [4.78, 5) is 4.34. The molecule has 3 aliphatic rings. The highest BCUT2D eigenvalue weighted by Gasteiger charge is 2.34. The monoisotopic (exact) mass is 474 g/mol. The minimum Gasteiger partial charge on any atom is -0.382 e. The molecule has 0 unspecified atom stereocenters. The summed E-state index contributed by atoms with van der Waals surface area (Å²) in [6.45, 7) is 5.30. The van der Waals surface area contributed by atoms with Gasteiger partial charge in [-0.15, -0.1) is 0 Å². The molecule has 5 rings (SSSR count). The summed E-state index contributed by atoms with van der Waals surface area (Å²) < 4.78 is 41.3. The summed E-state index contributed by atoms with van der Waals surface area (Å²) in [5.41, 5.74) is 3.73. The van der Waals surface area contributed by atoms with Crippen LogP contribution < -0.4 is 5.32 Å². The molecule has 0 aromatic heterocycles. The van der Waals surface area contributed by atoms with E-state index in [2.05, 4.69) is 35.3 Å². The van der Waals surface area contributed by atoms with Crippen molar-refractivity contribution in [3.8, 4) is 0 Å². The van der Waals surface area contributed by atoms with Gasteiger partial charge in [-0.2, -0.15) is 13.2 Å². The molecule has 178 valence electrons. The molecule has 1 aliphatic carbocycles. The van der Waals surface area contributed by atoms with E-state index in [9.17, 15) is 13.2 Å². The zero-order chi connectivity index (χ0) is 23.0. The summed E-state index contributed by atoms with van der Waals surface area (Å²) >= 11 is 1.52. The van der Waals surface area contributed by atoms with Gasteiger partial charge < -0.3 is 10.2 Å². The van der Waals surface area contributed by atoms with Gasteiger partial charge >= 0.3 is 6.18 Å². The van der Waals surface area contributed by atoms with E-state index >= 15 is 0 Å². The van der Waals surface area contributed by atoms with E-state index in [0.29, 0.717) is 18.0 Å². The molecule has 1 saturated carbocycles. The van der Waals surface area contributed by atoms with Crippen LogP contribution in [-0.2, 0) is 12.6 Å². The molecule has 0 atom stereocenters. The third kappa shape index (κ3) is 5.07. The van der Waals surface area contributed by atoms with Crippen molar-refractivity contribution in [2.24, 2.45) is 0 Å². The van der Waals surface area contributed by atoms with E-state index in [0.717, 1.165) is 54.3 Å². The molecule has 1 N–H and O–H groups in total. The van der Waals surface area contributed by atoms with E-state index < -0.39 is 11.7 Å². The first kappa shape index (κ1) is 23.1. The Balaban J connectivity index is 1.42. The third-order valence-electron chi connectivity index (χ3n) is 7.53. The number of alkyl halides is 3. The van der Waals surface area contributed by atoms with Gasteiger partial charge in [-0.3, -0.25) is 0 Å². The second-order valence-electron chi connectivity index (χ2n) is 9.89. The lowest BCUT2D eigenvalue weighted by molar-refractivity contribution is -0.137. The molecule has 2 heterocycles. The third-order valence-corrected chi connectivity index (χ3v) is 8.71. The van der Waals surface area contributed by atoms with E-state index in [1.165, 1.54) is 60.7 Å². The van der Waals surface area contributed by atoms with Crippen molar-refractivity contribution in [2.45, 2.75) is 86.2 Å². The first-order chi connectivity index (χ1) is 15.9. The van der Waals surface area contributed by atoms with Crippen molar-refractivity contribution in [1.29, 1.82) is 0 Å². The van der Waals surface area contributed by atoms with Gasteiger partial charge in [0.25, 0.3) is 0 Å². The van der Waals surface area contributed by atoms with E-state index in [-0.39, 0.29) is 6.04 Å². The van der Waals surface area contributed by atoms with Gasteiger partial charge in [0.15, 0.2) is 0 Å². The Kier molecular flexibility index (Phi) is 6.67. The van der Waals surface area contributed by atoms with Crippen molar-refractivity contribution in [3.63, 3.8) is 0 Å². The Morgan fingerprint density at radius 3 is 2.45 bits per heavy atom. The molecule has 1 saturated heterocycles. The highest BCUT2D eigenvalue weighted by atomic mass is 32.2. The molecule has 0 spiro atoms. The fraction of sp³-hybridized carbons (Fsp3) is 0.556. The number of halogens is 3. The van der Waals surface area contributed by atoms with Gasteiger partial charge in [-0.05, 0) is 79.5 Å². The average Bonchev–Trinajstić information content (AvgIpc) is 3.33. The summed E-state index contributed by atoms with van der Waals surface area (Å²) in [6.07, 6.45) is 4.43. The fourth-order valence-corrected chi connectivity index (χ4v) is 6.88. The number of piperidine rings is 1. The lowest BCUT2D eigenvalue weighted by atomic mass is 9.94. The predicted molar refractivity (Wildman–Crippen MR) is 129 cm³/mol. The summed E-state index contributed by atoms with van der Waals surface area (Å²) in [7, 11) is 0. The number of nitrogens with one attached hydrogen (secondary N) is 1. The minimum absolute atomic E-state index is 0.224. The highest BCUT2D eigenvalue weighted by Crippen LogP contribution is 2.47. The standard InChI is InChI=1S/C27H33F3N2S/c1-2-11-32-12-9-22(10-13-32)31-24-16-21(27(28,29)30)17-26-23(24)14-20-8-7-19(15-25(20)33-26)18-5-3-4-6-18/h7-8,15-18,22,31H,2-6,9-14H2,1H3. The first-order valence-electron chi connectivity index (χ1n) is 12.4. The molecule has 0 radical (unpaired) electrons. The zero-order valence-electron chi connectivity index (χ0n) is 19.3. The molecule has 2 aromatic carbocycles. The Labute approximate surface area is 199 Å². The fourth-order valence-electron chi connectivity index (χ4n) is 5.68. The Hall–Kier alpha value is -1.66. The normalized spacial score (nSPS) is 20.0. The second kappa shape index (κ2) is 9.53. The van der Waals surface area contributed by atoms with E-state index in [4.69, 9.17) is 0 Å². The number of likely N-dealkylation sites (tertiary alicyclic amines) is 1. The molecule has 2 aromatic rings. The van der Waals surface area contributed by atoms with Gasteiger partial charge in [-0.1, -0.05) is 43.7 Å². The van der Waals surface area contributed by atoms with Crippen LogP contribution in [0.4, 0.5) is 18.9 Å². The van der Waals surface area contributed by atoms with Crippen molar-refractivity contribution in [1.82, 2.24) is 4.90 Å². The summed E-state index contributed by atoms with van der Waals surface area (Å²) in [5, 5.41) is 3.53. The number of benzene rings is 2. The largest absolute Gasteiger partial charge is 0.416 e. The summed E-state index contributed by atoms with van der Waals surface area (Å²) in [6, 6.07) is 9.64. The minimum atomic E-state index is -4.34. The van der Waals surface area contributed by atoms with Gasteiger partial charge in [0, 0.05) is 41.0 Å². The second-order valence-corrected chi connectivity index (χ2v) is 11.0. The average molecular weight is 475 g/mol. The molecule has 2 fully saturated rings. The summed E-state index contributed by atoms with van der Waals surface area (Å²) in [5.74, 6) is 0.606. The lowest BCUT2D eigenvalue weighted by Crippen LogP contribution is -2.39. The number of rotatable bonds is 5. The molecule has 0 bridgehead atoms. The van der Waals surface area contributed by atoms with Gasteiger partial charge in [0.1, 0.15) is 0 Å². The maximum atomic E-state index is 13.8. The zero-order valence-corrected chi connectivity index (χ0v) is 20.1. The van der Waals surface area contributed by atoms with Crippen molar-refractivity contribution < 1.29 is 13.2 Å². The Bertz CT molecular complexity index is 990. The van der Waals surface area contributed by atoms with Crippen LogP contribution in [0.25, 0.3) is 0 Å². The SMILES string of the molecule is CCCN1CCC(Nc2cc(C(F)(F)F)cc3c2Cc2ccc(C4CCCC4)cc2S3)CC1. The molecule has 2 nitrogen and oxygen atoms in total. The highest BCUT2D eigenvalue weighted by molar-refractivity contribution is 7.99. The number of nitrogens with zero attached hydrogens (tertiary/aromatic N) is 1. The molecule has 0 amide bonds. The van der Waals surface area contributed by atoms with Crippen LogP contribution in [0.1, 0.15) is 80.0 Å². The van der Waals surface area contributed by atoms with Crippen molar-refractivity contribution in [2.75, 3.05) is 25.0 Å². The molecular formula is C27H33F3N2S. The van der Waals surface area contributed by atoms with Gasteiger partial charge in [0.2, 0.25) is 0 Å². The van der Waals surface area contributed by atoms with Crippen molar-refractivity contribution in [3.05, 3.63) is 52.6 Å². The topological polar surface area (TPSA) is 15.3 Å². The maximum Gasteiger partial charge on any atom is 0.416 e. The quantitative estimate of drug-likeness (QED) is 0.408. The maximum absolute atomic E-state index is 13.8. The molecular weight excluding hydrogens is 441 g/mol. The molecule has 2 aliphatic heterocycles. The smallest absolute Gasteiger partial charge is 0.382 e. The number of hydrogen-bond donors (Lipinski definition) is 1. The Morgan fingerprint density at radius 2 is 1.76 bits per heavy atom. The van der Waals surface area contributed by atoms with Crippen molar-refractivity contribution >= 4 is 17.4 Å². The lowest BCUT2D eigenvalue weighted by Gasteiger charge is -2.34. The number of fused-ring (bicyclic) bond motifs is 2. The van der Waals surface area contributed by atoms with Crippen LogP contribution in [0.15, 0.2) is 40.1 Å². The van der Waals surface area contributed by atoms with E-state index in [1.807, 2.05) is 0 Å². The van der Waals surface area contributed by atoms with Gasteiger partial charge in [-0.25, -0.2) is 0 Å². The van der Waals surface area contributed by atoms with Crippen LogP contribution in [0.5, 0.6) is 0 Å². The van der Waals surface area contributed by atoms with Crippen LogP contribution in [0.3, 0.4) is 0 Å². The van der Waals surface area contributed by atoms with Gasteiger partial charge in [0.05, 0.1) is 5.56 Å². The van der Waals surface area contributed by atoms with Crippen LogP contribution in [-0.4, -0.2) is 30.6 Å². The van der Waals surface area contributed by atoms with Crippen LogP contribution >= 0.6 is 11.8 Å². The molecule has 33 heavy (non-hydrogen) atoms. The predicted octanol–water partition coefficient (Wildman–Crippen LogP) is 7.70. The first-order valence-corrected chi connectivity index (χ1v) is 13.3. The molecule has 6 heteroatoms. The van der Waals surface area contributed by atoms with Crippen LogP contribution in [0.2, 0.25) is 0 Å². The Morgan fingerprint density at radius 1 is 1.00 bits per heavy atom.